The van der Waals surface area contributed by atoms with E-state index >= 15 is 0 Å². The first-order valence-corrected chi connectivity index (χ1v) is 5.67. The Morgan fingerprint density at radius 1 is 1.28 bits per heavy atom. The van der Waals surface area contributed by atoms with Crippen molar-refractivity contribution in [2.24, 2.45) is 0 Å². The minimum absolute atomic E-state index is 0.656. The van der Waals surface area contributed by atoms with E-state index in [1.54, 1.807) is 19.3 Å². The van der Waals surface area contributed by atoms with Gasteiger partial charge in [0.2, 0.25) is 0 Å². The van der Waals surface area contributed by atoms with Gasteiger partial charge in [0, 0.05) is 11.8 Å². The average Bonchev–Trinajstić information content (AvgIpc) is 2.40. The summed E-state index contributed by atoms with van der Waals surface area (Å²) in [4.78, 5) is 14.9. The number of aliphatic carboxylic acids is 1. The van der Waals surface area contributed by atoms with Crippen LogP contribution in [0.3, 0.4) is 0 Å². The Bertz CT molecular complexity index is 541. The van der Waals surface area contributed by atoms with E-state index in [0.29, 0.717) is 0 Å². The second kappa shape index (κ2) is 5.31. The summed E-state index contributed by atoms with van der Waals surface area (Å²) in [6.07, 6.45) is 3.33. The fourth-order valence-electron chi connectivity index (χ4n) is 1.67. The molecule has 0 aliphatic rings. The number of carboxylic acid groups (broad SMARTS) is 1. The van der Waals surface area contributed by atoms with Crippen molar-refractivity contribution in [1.29, 1.82) is 0 Å². The summed E-state index contributed by atoms with van der Waals surface area (Å²) in [6.45, 7) is 1.60. The van der Waals surface area contributed by atoms with E-state index in [1.165, 1.54) is 0 Å². The Morgan fingerprint density at radius 2 is 2.00 bits per heavy atom. The maximum atomic E-state index is 10.9. The van der Waals surface area contributed by atoms with Crippen molar-refractivity contribution in [1.82, 2.24) is 4.98 Å². The molecule has 1 aromatic carbocycles. The molecular weight excluding hydrogens is 228 g/mol. The monoisotopic (exact) mass is 242 g/mol. The fraction of sp³-hybridized carbons (Fsp3) is 0.143. The first-order valence-electron chi connectivity index (χ1n) is 5.67. The molecule has 1 atom stereocenters. The minimum atomic E-state index is -0.891. The molecule has 2 N–H and O–H groups in total. The summed E-state index contributed by atoms with van der Waals surface area (Å²) in [6, 6.07) is 11.0. The van der Waals surface area contributed by atoms with E-state index in [2.05, 4.69) is 10.3 Å². The SMILES string of the molecule is C[C@H](Nc1cnccc1-c1ccccc1)C(=O)O. The summed E-state index contributed by atoms with van der Waals surface area (Å²) in [5.74, 6) is -0.891. The van der Waals surface area contributed by atoms with Gasteiger partial charge in [0.05, 0.1) is 11.9 Å². The molecule has 2 rings (SSSR count). The fourth-order valence-corrected chi connectivity index (χ4v) is 1.67. The number of carbonyl (C=O) groups is 1. The summed E-state index contributed by atoms with van der Waals surface area (Å²) < 4.78 is 0. The molecule has 0 aliphatic heterocycles. The van der Waals surface area contributed by atoms with Gasteiger partial charge < -0.3 is 10.4 Å². The second-order valence-electron chi connectivity index (χ2n) is 3.99. The van der Waals surface area contributed by atoms with Gasteiger partial charge >= 0.3 is 5.97 Å². The van der Waals surface area contributed by atoms with Crippen molar-refractivity contribution in [3.8, 4) is 11.1 Å². The molecule has 18 heavy (non-hydrogen) atoms. The van der Waals surface area contributed by atoms with E-state index in [0.717, 1.165) is 16.8 Å². The number of aromatic nitrogens is 1. The third-order valence-corrected chi connectivity index (χ3v) is 2.65. The van der Waals surface area contributed by atoms with Gasteiger partial charge in [-0.15, -0.1) is 0 Å². The Morgan fingerprint density at radius 3 is 2.67 bits per heavy atom. The van der Waals surface area contributed by atoms with Crippen LogP contribution in [0, 0.1) is 0 Å². The summed E-state index contributed by atoms with van der Waals surface area (Å²) >= 11 is 0. The van der Waals surface area contributed by atoms with Crippen LogP contribution in [0.1, 0.15) is 6.92 Å². The zero-order chi connectivity index (χ0) is 13.0. The molecule has 92 valence electrons. The molecule has 0 saturated carbocycles. The standard InChI is InChI=1S/C14H14N2O2/c1-10(14(17)18)16-13-9-15-8-7-12(13)11-5-3-2-4-6-11/h2-10,16H,1H3,(H,17,18)/t10-/m0/s1. The first-order chi connectivity index (χ1) is 8.68. The molecule has 0 spiro atoms. The van der Waals surface area contributed by atoms with Crippen LogP contribution in [0.2, 0.25) is 0 Å². The third-order valence-electron chi connectivity index (χ3n) is 2.65. The number of hydrogen-bond donors (Lipinski definition) is 2. The second-order valence-corrected chi connectivity index (χ2v) is 3.99. The van der Waals surface area contributed by atoms with Crippen LogP contribution in [-0.4, -0.2) is 22.1 Å². The van der Waals surface area contributed by atoms with Crippen molar-refractivity contribution in [3.63, 3.8) is 0 Å². The Labute approximate surface area is 105 Å². The van der Waals surface area contributed by atoms with Crippen LogP contribution >= 0.6 is 0 Å². The van der Waals surface area contributed by atoms with Crippen LogP contribution in [0.25, 0.3) is 11.1 Å². The Balaban J connectivity index is 2.35. The lowest BCUT2D eigenvalue weighted by Gasteiger charge is -2.14. The minimum Gasteiger partial charge on any atom is -0.480 e. The maximum absolute atomic E-state index is 10.9. The zero-order valence-electron chi connectivity index (χ0n) is 10.00. The molecule has 2 aromatic rings. The van der Waals surface area contributed by atoms with Crippen LogP contribution in [0.5, 0.6) is 0 Å². The van der Waals surface area contributed by atoms with Gasteiger partial charge in [-0.2, -0.15) is 0 Å². The lowest BCUT2D eigenvalue weighted by molar-refractivity contribution is -0.137. The van der Waals surface area contributed by atoms with Crippen molar-refractivity contribution < 1.29 is 9.90 Å². The Kier molecular flexibility index (Phi) is 3.57. The molecule has 0 fully saturated rings. The number of rotatable bonds is 4. The van der Waals surface area contributed by atoms with Crippen LogP contribution in [0.15, 0.2) is 48.8 Å². The number of nitrogens with one attached hydrogen (secondary N) is 1. The molecular formula is C14H14N2O2. The maximum Gasteiger partial charge on any atom is 0.325 e. The molecule has 1 heterocycles. The van der Waals surface area contributed by atoms with Gasteiger partial charge in [-0.25, -0.2) is 0 Å². The number of anilines is 1. The summed E-state index contributed by atoms with van der Waals surface area (Å²) in [5.41, 5.74) is 2.69. The van der Waals surface area contributed by atoms with Crippen LogP contribution in [-0.2, 0) is 4.79 Å². The highest BCUT2D eigenvalue weighted by Gasteiger charge is 2.13. The van der Waals surface area contributed by atoms with E-state index in [1.807, 2.05) is 36.4 Å². The highest BCUT2D eigenvalue weighted by molar-refractivity contribution is 5.82. The highest BCUT2D eigenvalue weighted by Crippen LogP contribution is 2.27. The summed E-state index contributed by atoms with van der Waals surface area (Å²) in [7, 11) is 0. The predicted molar refractivity (Wildman–Crippen MR) is 70.4 cm³/mol. The van der Waals surface area contributed by atoms with Gasteiger partial charge in [0.25, 0.3) is 0 Å². The Hall–Kier alpha value is -2.36. The number of benzene rings is 1. The van der Waals surface area contributed by atoms with Gasteiger partial charge in [-0.05, 0) is 18.6 Å². The van der Waals surface area contributed by atoms with Crippen LogP contribution in [0.4, 0.5) is 5.69 Å². The molecule has 0 bridgehead atoms. The van der Waals surface area contributed by atoms with Gasteiger partial charge in [-0.3, -0.25) is 9.78 Å². The van der Waals surface area contributed by atoms with E-state index < -0.39 is 12.0 Å². The van der Waals surface area contributed by atoms with E-state index in [-0.39, 0.29) is 0 Å². The quantitative estimate of drug-likeness (QED) is 0.865. The normalized spacial score (nSPS) is 11.8. The van der Waals surface area contributed by atoms with Crippen LogP contribution < -0.4 is 5.32 Å². The number of pyridine rings is 1. The average molecular weight is 242 g/mol. The highest BCUT2D eigenvalue weighted by atomic mass is 16.4. The lowest BCUT2D eigenvalue weighted by Crippen LogP contribution is -2.25. The molecule has 4 nitrogen and oxygen atoms in total. The number of hydrogen-bond acceptors (Lipinski definition) is 3. The van der Waals surface area contributed by atoms with Crippen molar-refractivity contribution in [2.75, 3.05) is 5.32 Å². The topological polar surface area (TPSA) is 62.2 Å². The molecule has 0 unspecified atom stereocenters. The third kappa shape index (κ3) is 2.66. The summed E-state index contributed by atoms with van der Waals surface area (Å²) in [5, 5.41) is 11.9. The lowest BCUT2D eigenvalue weighted by atomic mass is 10.1. The molecule has 4 heteroatoms. The van der Waals surface area contributed by atoms with Crippen molar-refractivity contribution in [2.45, 2.75) is 13.0 Å². The van der Waals surface area contributed by atoms with E-state index in [9.17, 15) is 4.79 Å². The number of carboxylic acids is 1. The predicted octanol–water partition coefficient (Wildman–Crippen LogP) is 2.63. The first kappa shape index (κ1) is 12.1. The van der Waals surface area contributed by atoms with Crippen molar-refractivity contribution in [3.05, 3.63) is 48.8 Å². The van der Waals surface area contributed by atoms with Gasteiger partial charge in [0.15, 0.2) is 0 Å². The smallest absolute Gasteiger partial charge is 0.325 e. The van der Waals surface area contributed by atoms with Gasteiger partial charge in [0.1, 0.15) is 6.04 Å². The zero-order valence-corrected chi connectivity index (χ0v) is 10.00. The largest absolute Gasteiger partial charge is 0.480 e. The van der Waals surface area contributed by atoms with E-state index in [4.69, 9.17) is 5.11 Å². The van der Waals surface area contributed by atoms with Gasteiger partial charge in [-0.1, -0.05) is 30.3 Å². The molecule has 0 radical (unpaired) electrons. The molecule has 1 aromatic heterocycles. The molecule has 0 aliphatic carbocycles. The molecule has 0 saturated heterocycles. The van der Waals surface area contributed by atoms with Crippen molar-refractivity contribution >= 4 is 11.7 Å². The number of nitrogens with zero attached hydrogens (tertiary/aromatic N) is 1. The molecule has 0 amide bonds.